The highest BCUT2D eigenvalue weighted by atomic mass is 16.5. The van der Waals surface area contributed by atoms with E-state index in [1.54, 1.807) is 26.8 Å². The molecule has 1 atom stereocenters. The van der Waals surface area contributed by atoms with Crippen LogP contribution < -0.4 is 9.64 Å². The van der Waals surface area contributed by atoms with Gasteiger partial charge in [0.15, 0.2) is 11.5 Å². The van der Waals surface area contributed by atoms with Crippen LogP contribution in [0, 0.1) is 12.3 Å². The van der Waals surface area contributed by atoms with Gasteiger partial charge in [-0.1, -0.05) is 63.2 Å². The van der Waals surface area contributed by atoms with Gasteiger partial charge in [-0.3, -0.25) is 14.5 Å². The summed E-state index contributed by atoms with van der Waals surface area (Å²) in [5, 5.41) is 10.9. The van der Waals surface area contributed by atoms with E-state index in [0.717, 1.165) is 5.56 Å². The summed E-state index contributed by atoms with van der Waals surface area (Å²) in [6.45, 7) is 7.27. The number of rotatable bonds is 5. The lowest BCUT2D eigenvalue weighted by Gasteiger charge is -2.29. The fourth-order valence-corrected chi connectivity index (χ4v) is 3.97. The minimum absolute atomic E-state index is 0.103. The number of para-hydroxylation sites is 1. The zero-order valence-corrected chi connectivity index (χ0v) is 19.2. The summed E-state index contributed by atoms with van der Waals surface area (Å²) in [7, 11) is 0. The normalized spacial score (nSPS) is 16.3. The van der Waals surface area contributed by atoms with Gasteiger partial charge in [-0.25, -0.2) is 0 Å². The molecule has 5 heteroatoms. The molecule has 1 N–H and O–H groups in total. The smallest absolute Gasteiger partial charge is 0.294 e. The molecule has 4 rings (SSSR count). The molecule has 0 aliphatic carbocycles. The number of aliphatic hydroxyl groups is 1. The van der Waals surface area contributed by atoms with Crippen molar-refractivity contribution in [1.82, 2.24) is 0 Å². The quantitative estimate of drug-likeness (QED) is 0.504. The molecule has 0 saturated carbocycles. The SMILES string of the molecule is Cc1cccc(N2C(=O)C(O)=C(C(=O)C(C)(C)C)C2c2cccc(Oc3ccccc3)c2)c1. The summed E-state index contributed by atoms with van der Waals surface area (Å²) < 4.78 is 5.99. The fraction of sp³-hybridized carbons (Fsp3) is 0.214. The molecule has 1 amide bonds. The van der Waals surface area contributed by atoms with Gasteiger partial charge in [0.2, 0.25) is 0 Å². The zero-order valence-electron chi connectivity index (χ0n) is 19.2. The number of aryl methyl sites for hydroxylation is 1. The summed E-state index contributed by atoms with van der Waals surface area (Å²) in [5.74, 6) is -0.118. The monoisotopic (exact) mass is 441 g/mol. The van der Waals surface area contributed by atoms with Crippen LogP contribution in [0.25, 0.3) is 0 Å². The maximum atomic E-state index is 13.4. The number of carbonyl (C=O) groups is 2. The van der Waals surface area contributed by atoms with Crippen LogP contribution in [-0.4, -0.2) is 16.8 Å². The van der Waals surface area contributed by atoms with Crippen LogP contribution in [0.2, 0.25) is 0 Å². The Bertz CT molecular complexity index is 1240. The molecular formula is C28H27NO4. The van der Waals surface area contributed by atoms with E-state index in [2.05, 4.69) is 0 Å². The molecule has 1 unspecified atom stereocenters. The Morgan fingerprint density at radius 3 is 2.24 bits per heavy atom. The van der Waals surface area contributed by atoms with Crippen LogP contribution in [-0.2, 0) is 9.59 Å². The van der Waals surface area contributed by atoms with E-state index in [0.29, 0.717) is 22.7 Å². The lowest BCUT2D eigenvalue weighted by Crippen LogP contribution is -2.32. The lowest BCUT2D eigenvalue weighted by molar-refractivity contribution is -0.123. The van der Waals surface area contributed by atoms with Crippen LogP contribution in [0.4, 0.5) is 5.69 Å². The first-order chi connectivity index (χ1) is 15.7. The average Bonchev–Trinajstić information content (AvgIpc) is 3.04. The van der Waals surface area contributed by atoms with Gasteiger partial charge in [0.25, 0.3) is 5.91 Å². The minimum atomic E-state index is -0.775. The minimum Gasteiger partial charge on any atom is -0.503 e. The standard InChI is InChI=1S/C28H27NO4/c1-18-10-8-12-20(16-18)29-24(23(25(30)27(29)32)26(31)28(2,3)4)19-11-9-15-22(17-19)33-21-13-6-5-7-14-21/h5-17,24,30H,1-4H3. The van der Waals surface area contributed by atoms with E-state index in [4.69, 9.17) is 4.74 Å². The highest BCUT2D eigenvalue weighted by molar-refractivity contribution is 6.17. The number of anilines is 1. The van der Waals surface area contributed by atoms with Gasteiger partial charge in [-0.05, 0) is 54.4 Å². The molecule has 0 aromatic heterocycles. The first kappa shape index (κ1) is 22.3. The maximum absolute atomic E-state index is 13.4. The highest BCUT2D eigenvalue weighted by Gasteiger charge is 2.46. The van der Waals surface area contributed by atoms with Gasteiger partial charge in [0, 0.05) is 11.1 Å². The number of hydrogen-bond acceptors (Lipinski definition) is 4. The molecule has 5 nitrogen and oxygen atoms in total. The molecule has 0 fully saturated rings. The largest absolute Gasteiger partial charge is 0.503 e. The Labute approximate surface area is 193 Å². The van der Waals surface area contributed by atoms with Crippen LogP contribution in [0.15, 0.2) is 90.2 Å². The molecule has 0 saturated heterocycles. The van der Waals surface area contributed by atoms with Crippen molar-refractivity contribution < 1.29 is 19.4 Å². The van der Waals surface area contributed by atoms with Crippen molar-refractivity contribution in [2.75, 3.05) is 4.90 Å². The van der Waals surface area contributed by atoms with Crippen LogP contribution >= 0.6 is 0 Å². The predicted molar refractivity (Wildman–Crippen MR) is 128 cm³/mol. The van der Waals surface area contributed by atoms with Crippen LogP contribution in [0.3, 0.4) is 0 Å². The van der Waals surface area contributed by atoms with Crippen molar-refractivity contribution in [2.45, 2.75) is 33.7 Å². The predicted octanol–water partition coefficient (Wildman–Crippen LogP) is 6.30. The number of ether oxygens (including phenoxy) is 1. The van der Waals surface area contributed by atoms with Crippen LogP contribution in [0.5, 0.6) is 11.5 Å². The second kappa shape index (κ2) is 8.58. The van der Waals surface area contributed by atoms with Gasteiger partial charge in [0.05, 0.1) is 11.6 Å². The number of benzene rings is 3. The topological polar surface area (TPSA) is 66.8 Å². The van der Waals surface area contributed by atoms with Gasteiger partial charge < -0.3 is 9.84 Å². The second-order valence-corrected chi connectivity index (χ2v) is 9.25. The Hall–Kier alpha value is -3.86. The van der Waals surface area contributed by atoms with E-state index in [1.807, 2.05) is 79.7 Å². The van der Waals surface area contributed by atoms with Crippen molar-refractivity contribution in [1.29, 1.82) is 0 Å². The third-order valence-electron chi connectivity index (χ3n) is 5.57. The fourth-order valence-electron chi connectivity index (χ4n) is 3.97. The van der Waals surface area contributed by atoms with Crippen LogP contribution in [0.1, 0.15) is 37.9 Å². The zero-order chi connectivity index (χ0) is 23.8. The molecule has 0 bridgehead atoms. The molecule has 0 radical (unpaired) electrons. The van der Waals surface area contributed by atoms with E-state index >= 15 is 0 Å². The third kappa shape index (κ3) is 4.40. The highest BCUT2D eigenvalue weighted by Crippen LogP contribution is 2.44. The molecule has 1 heterocycles. The Kier molecular flexibility index (Phi) is 5.81. The average molecular weight is 442 g/mol. The summed E-state index contributed by atoms with van der Waals surface area (Å²) in [4.78, 5) is 28.1. The molecule has 33 heavy (non-hydrogen) atoms. The number of nitrogens with zero attached hydrogens (tertiary/aromatic N) is 1. The maximum Gasteiger partial charge on any atom is 0.294 e. The van der Waals surface area contributed by atoms with Crippen molar-refractivity contribution in [2.24, 2.45) is 5.41 Å². The summed E-state index contributed by atoms with van der Waals surface area (Å²) in [6.07, 6.45) is 0. The Morgan fingerprint density at radius 2 is 1.58 bits per heavy atom. The van der Waals surface area contributed by atoms with E-state index in [9.17, 15) is 14.7 Å². The summed E-state index contributed by atoms with van der Waals surface area (Å²) in [5.41, 5.74) is 1.58. The van der Waals surface area contributed by atoms with E-state index in [-0.39, 0.29) is 11.4 Å². The Morgan fingerprint density at radius 1 is 0.909 bits per heavy atom. The van der Waals surface area contributed by atoms with Crippen molar-refractivity contribution in [3.63, 3.8) is 0 Å². The van der Waals surface area contributed by atoms with Gasteiger partial charge in [-0.2, -0.15) is 0 Å². The lowest BCUT2D eigenvalue weighted by atomic mass is 9.82. The summed E-state index contributed by atoms with van der Waals surface area (Å²) in [6, 6.07) is 23.4. The number of Topliss-reactive ketones (excluding diaryl/α,β-unsaturated/α-hetero) is 1. The van der Waals surface area contributed by atoms with Crippen molar-refractivity contribution in [3.05, 3.63) is 101 Å². The molecule has 1 aliphatic heterocycles. The van der Waals surface area contributed by atoms with Gasteiger partial charge in [0.1, 0.15) is 11.5 Å². The molecular weight excluding hydrogens is 414 g/mol. The van der Waals surface area contributed by atoms with Gasteiger partial charge >= 0.3 is 0 Å². The second-order valence-electron chi connectivity index (χ2n) is 9.25. The number of hydrogen-bond donors (Lipinski definition) is 1. The first-order valence-corrected chi connectivity index (χ1v) is 10.9. The summed E-state index contributed by atoms with van der Waals surface area (Å²) >= 11 is 0. The van der Waals surface area contributed by atoms with E-state index in [1.165, 1.54) is 4.90 Å². The Balaban J connectivity index is 1.84. The van der Waals surface area contributed by atoms with Crippen molar-refractivity contribution in [3.8, 4) is 11.5 Å². The molecule has 3 aromatic carbocycles. The first-order valence-electron chi connectivity index (χ1n) is 10.9. The van der Waals surface area contributed by atoms with E-state index < -0.39 is 23.1 Å². The molecule has 0 spiro atoms. The van der Waals surface area contributed by atoms with Gasteiger partial charge in [-0.15, -0.1) is 0 Å². The molecule has 168 valence electrons. The number of ketones is 1. The number of carbonyl (C=O) groups excluding carboxylic acids is 2. The van der Waals surface area contributed by atoms with Crippen molar-refractivity contribution >= 4 is 17.4 Å². The number of amides is 1. The third-order valence-corrected chi connectivity index (χ3v) is 5.57. The number of aliphatic hydroxyl groups excluding tert-OH is 1. The molecule has 1 aliphatic rings. The molecule has 3 aromatic rings.